The molecule has 0 spiro atoms. The average Bonchev–Trinajstić information content (AvgIpc) is 3.22. The molecule has 1 unspecified atom stereocenters. The molecule has 0 radical (unpaired) electrons. The van der Waals surface area contributed by atoms with E-state index in [-0.39, 0.29) is 18.3 Å². The minimum atomic E-state index is -0.708. The number of ether oxygens (including phenoxy) is 2. The number of carbonyl (C=O) groups is 1. The Labute approximate surface area is 160 Å². The summed E-state index contributed by atoms with van der Waals surface area (Å²) in [6, 6.07) is 13.0. The number of nitrogens with one attached hydrogen (secondary N) is 1. The van der Waals surface area contributed by atoms with E-state index in [4.69, 9.17) is 9.47 Å². The number of halogens is 1. The number of benzene rings is 1. The lowest BCUT2D eigenvalue weighted by atomic mass is 10.3. The van der Waals surface area contributed by atoms with Crippen molar-refractivity contribution < 1.29 is 18.7 Å². The van der Waals surface area contributed by atoms with Gasteiger partial charge in [-0.05, 0) is 48.7 Å². The molecular formula is C19H18FN3O3S. The monoisotopic (exact) mass is 387 g/mol. The van der Waals surface area contributed by atoms with Crippen molar-refractivity contribution in [3.05, 3.63) is 59.7 Å². The van der Waals surface area contributed by atoms with Crippen LogP contribution in [-0.2, 0) is 4.79 Å². The summed E-state index contributed by atoms with van der Waals surface area (Å²) >= 11 is 1.59. The number of carbonyl (C=O) groups excluding carboxylic acids is 1. The lowest BCUT2D eigenvalue weighted by Gasteiger charge is -2.14. The van der Waals surface area contributed by atoms with E-state index in [0.717, 1.165) is 10.6 Å². The molecule has 1 amide bonds. The largest absolute Gasteiger partial charge is 0.481 e. The third kappa shape index (κ3) is 5.49. The normalized spacial score (nSPS) is 11.6. The maximum Gasteiger partial charge on any atom is 0.260 e. The molecule has 8 heteroatoms. The quantitative estimate of drug-likeness (QED) is 0.601. The van der Waals surface area contributed by atoms with Crippen LogP contribution in [0.3, 0.4) is 0 Å². The summed E-state index contributed by atoms with van der Waals surface area (Å²) in [6.07, 6.45) is -0.708. The van der Waals surface area contributed by atoms with Gasteiger partial charge in [-0.25, -0.2) is 4.39 Å². The van der Waals surface area contributed by atoms with Crippen LogP contribution in [-0.4, -0.2) is 35.4 Å². The zero-order valence-corrected chi connectivity index (χ0v) is 15.4. The lowest BCUT2D eigenvalue weighted by molar-refractivity contribution is -0.127. The van der Waals surface area contributed by atoms with E-state index in [9.17, 15) is 9.18 Å². The maximum atomic E-state index is 12.9. The Kier molecular flexibility index (Phi) is 6.32. The fraction of sp³-hybridized carbons (Fsp3) is 0.211. The second-order valence-corrected chi connectivity index (χ2v) is 6.54. The Balaban J connectivity index is 1.39. The molecule has 6 nitrogen and oxygen atoms in total. The van der Waals surface area contributed by atoms with E-state index in [1.807, 2.05) is 23.6 Å². The van der Waals surface area contributed by atoms with Crippen molar-refractivity contribution >= 4 is 17.2 Å². The number of rotatable bonds is 8. The summed E-state index contributed by atoms with van der Waals surface area (Å²) in [5, 5.41) is 12.8. The van der Waals surface area contributed by atoms with Gasteiger partial charge in [-0.15, -0.1) is 21.5 Å². The number of nitrogens with zero attached hydrogens (tertiary/aromatic N) is 2. The van der Waals surface area contributed by atoms with Crippen LogP contribution in [0.2, 0.25) is 0 Å². The second-order valence-electron chi connectivity index (χ2n) is 5.59. The minimum absolute atomic E-state index is 0.252. The highest BCUT2D eigenvalue weighted by molar-refractivity contribution is 7.13. The van der Waals surface area contributed by atoms with Gasteiger partial charge in [0.05, 0.1) is 11.4 Å². The molecule has 0 bridgehead atoms. The predicted octanol–water partition coefficient (Wildman–Crippen LogP) is 3.31. The highest BCUT2D eigenvalue weighted by Gasteiger charge is 2.14. The summed E-state index contributed by atoms with van der Waals surface area (Å²) in [5.74, 6) is 0.168. The first-order valence-corrected chi connectivity index (χ1v) is 9.20. The molecule has 140 valence electrons. The van der Waals surface area contributed by atoms with Gasteiger partial charge in [0.2, 0.25) is 5.88 Å². The summed E-state index contributed by atoms with van der Waals surface area (Å²) in [5.41, 5.74) is 0.789. The SMILES string of the molecule is CC(Oc1ccc(F)cc1)C(=O)NCCOc1ccc(-c2cccs2)nn1. The summed E-state index contributed by atoms with van der Waals surface area (Å²) in [6.45, 7) is 2.17. The van der Waals surface area contributed by atoms with Crippen LogP contribution in [0.5, 0.6) is 11.6 Å². The van der Waals surface area contributed by atoms with Gasteiger partial charge in [0, 0.05) is 6.07 Å². The standard InChI is InChI=1S/C19H18FN3O3S/c1-13(26-15-6-4-14(20)5-7-15)19(24)21-10-11-25-18-9-8-16(22-23-18)17-3-2-12-27-17/h2-9,12-13H,10-11H2,1H3,(H,21,24). The number of hydrogen-bond acceptors (Lipinski definition) is 6. The Hall–Kier alpha value is -3.00. The summed E-state index contributed by atoms with van der Waals surface area (Å²) in [7, 11) is 0. The number of amides is 1. The van der Waals surface area contributed by atoms with Crippen LogP contribution in [0.15, 0.2) is 53.9 Å². The second kappa shape index (κ2) is 9.09. The van der Waals surface area contributed by atoms with Crippen molar-refractivity contribution in [3.8, 4) is 22.2 Å². The highest BCUT2D eigenvalue weighted by Crippen LogP contribution is 2.22. The molecule has 0 saturated heterocycles. The predicted molar refractivity (Wildman–Crippen MR) is 100 cm³/mol. The van der Waals surface area contributed by atoms with Crippen LogP contribution in [0, 0.1) is 5.82 Å². The van der Waals surface area contributed by atoms with E-state index in [2.05, 4.69) is 15.5 Å². The maximum absolute atomic E-state index is 12.9. The lowest BCUT2D eigenvalue weighted by Crippen LogP contribution is -2.38. The smallest absolute Gasteiger partial charge is 0.260 e. The molecule has 0 aliphatic carbocycles. The topological polar surface area (TPSA) is 73.3 Å². The Morgan fingerprint density at radius 2 is 2.00 bits per heavy atom. The third-order valence-corrected chi connectivity index (χ3v) is 4.45. The molecule has 0 aliphatic rings. The third-order valence-electron chi connectivity index (χ3n) is 3.56. The zero-order valence-electron chi connectivity index (χ0n) is 14.6. The van der Waals surface area contributed by atoms with Crippen LogP contribution >= 0.6 is 11.3 Å². The van der Waals surface area contributed by atoms with Crippen LogP contribution in [0.1, 0.15) is 6.92 Å². The van der Waals surface area contributed by atoms with Crippen molar-refractivity contribution in [2.24, 2.45) is 0 Å². The van der Waals surface area contributed by atoms with Gasteiger partial charge >= 0.3 is 0 Å². The highest BCUT2D eigenvalue weighted by atomic mass is 32.1. The number of aromatic nitrogens is 2. The van der Waals surface area contributed by atoms with Crippen LogP contribution in [0.4, 0.5) is 4.39 Å². The molecule has 1 N–H and O–H groups in total. The molecule has 0 saturated carbocycles. The molecule has 2 aromatic heterocycles. The van der Waals surface area contributed by atoms with Gasteiger partial charge in [-0.2, -0.15) is 0 Å². The van der Waals surface area contributed by atoms with Gasteiger partial charge in [-0.1, -0.05) is 6.07 Å². The molecule has 1 atom stereocenters. The molecule has 3 rings (SSSR count). The Morgan fingerprint density at radius 1 is 1.19 bits per heavy atom. The Morgan fingerprint density at radius 3 is 2.67 bits per heavy atom. The first-order valence-electron chi connectivity index (χ1n) is 8.32. The van der Waals surface area contributed by atoms with Crippen molar-refractivity contribution in [1.29, 1.82) is 0 Å². The van der Waals surface area contributed by atoms with Gasteiger partial charge in [-0.3, -0.25) is 4.79 Å². The van der Waals surface area contributed by atoms with E-state index >= 15 is 0 Å². The van der Waals surface area contributed by atoms with Gasteiger partial charge in [0.25, 0.3) is 5.91 Å². The van der Waals surface area contributed by atoms with Crippen molar-refractivity contribution in [3.63, 3.8) is 0 Å². The van der Waals surface area contributed by atoms with Crippen LogP contribution < -0.4 is 14.8 Å². The van der Waals surface area contributed by atoms with Crippen molar-refractivity contribution in [2.45, 2.75) is 13.0 Å². The molecule has 1 aromatic carbocycles. The van der Waals surface area contributed by atoms with E-state index in [1.54, 1.807) is 24.3 Å². The number of thiophene rings is 1. The zero-order chi connectivity index (χ0) is 19.1. The summed E-state index contributed by atoms with van der Waals surface area (Å²) < 4.78 is 23.8. The fourth-order valence-corrected chi connectivity index (χ4v) is 2.89. The van der Waals surface area contributed by atoms with Gasteiger partial charge in [0.1, 0.15) is 23.9 Å². The fourth-order valence-electron chi connectivity index (χ4n) is 2.20. The first kappa shape index (κ1) is 18.8. The van der Waals surface area contributed by atoms with E-state index in [0.29, 0.717) is 18.2 Å². The van der Waals surface area contributed by atoms with E-state index in [1.165, 1.54) is 24.3 Å². The van der Waals surface area contributed by atoms with Crippen LogP contribution in [0.25, 0.3) is 10.6 Å². The molecule has 3 aromatic rings. The van der Waals surface area contributed by atoms with E-state index < -0.39 is 6.10 Å². The van der Waals surface area contributed by atoms with Crippen molar-refractivity contribution in [2.75, 3.05) is 13.2 Å². The molecule has 0 fully saturated rings. The Bertz CT molecular complexity index is 855. The average molecular weight is 387 g/mol. The summed E-state index contributed by atoms with van der Waals surface area (Å²) in [4.78, 5) is 13.0. The van der Waals surface area contributed by atoms with Crippen molar-refractivity contribution in [1.82, 2.24) is 15.5 Å². The molecule has 27 heavy (non-hydrogen) atoms. The molecule has 0 aliphatic heterocycles. The first-order chi connectivity index (χ1) is 13.1. The van der Waals surface area contributed by atoms with Gasteiger partial charge < -0.3 is 14.8 Å². The number of hydrogen-bond donors (Lipinski definition) is 1. The molecule has 2 heterocycles. The molecular weight excluding hydrogens is 369 g/mol. The van der Waals surface area contributed by atoms with Gasteiger partial charge in [0.15, 0.2) is 6.10 Å². The minimum Gasteiger partial charge on any atom is -0.481 e.